The SMILES string of the molecule is COCCC(=O)Cc1nn(C)c2c(-c3ccc(C#CC(C)(C)O)nc3[C@H](Cc3cc(F)cc(F)c3)NC(=O)Cn3nc(C(F)F)c4c3C(F)(F)[C@@H]3C[C@H]43)ccc(Cl)c12. The Hall–Kier alpha value is -5.24. The summed E-state index contributed by atoms with van der Waals surface area (Å²) in [5.74, 6) is -2.87. The number of ether oxygens (including phenoxy) is 1. The van der Waals surface area contributed by atoms with Crippen molar-refractivity contribution >= 4 is 34.2 Å². The van der Waals surface area contributed by atoms with Crippen LogP contribution >= 0.6 is 11.6 Å². The molecule has 10 nitrogen and oxygen atoms in total. The van der Waals surface area contributed by atoms with Crippen LogP contribution in [0.4, 0.5) is 26.3 Å². The summed E-state index contributed by atoms with van der Waals surface area (Å²) in [7, 11) is 3.12. The minimum absolute atomic E-state index is 0.0330. The lowest BCUT2D eigenvalue weighted by atomic mass is 9.93. The number of benzene rings is 2. The highest BCUT2D eigenvalue weighted by atomic mass is 35.5. The highest BCUT2D eigenvalue weighted by molar-refractivity contribution is 6.36. The Morgan fingerprint density at radius 1 is 1.09 bits per heavy atom. The van der Waals surface area contributed by atoms with Crippen LogP contribution < -0.4 is 5.32 Å². The molecule has 5 aromatic rings. The van der Waals surface area contributed by atoms with E-state index in [0.717, 1.165) is 12.1 Å². The van der Waals surface area contributed by atoms with Crippen LogP contribution in [0, 0.1) is 29.4 Å². The fourth-order valence-corrected chi connectivity index (χ4v) is 7.94. The smallest absolute Gasteiger partial charge is 0.293 e. The quantitative estimate of drug-likeness (QED) is 0.0945. The topological polar surface area (TPSA) is 124 Å². The largest absolute Gasteiger partial charge is 0.384 e. The zero-order valence-corrected chi connectivity index (χ0v) is 32.4. The number of carbonyl (C=O) groups excluding carboxylic acids is 2. The lowest BCUT2D eigenvalue weighted by molar-refractivity contribution is -0.123. The van der Waals surface area contributed by atoms with Crippen molar-refractivity contribution in [3.63, 3.8) is 0 Å². The van der Waals surface area contributed by atoms with Crippen LogP contribution in [0.3, 0.4) is 0 Å². The molecule has 2 N–H and O–H groups in total. The lowest BCUT2D eigenvalue weighted by Crippen LogP contribution is -2.35. The van der Waals surface area contributed by atoms with E-state index >= 15 is 8.78 Å². The predicted octanol–water partition coefficient (Wildman–Crippen LogP) is 7.28. The molecule has 1 amide bonds. The zero-order valence-electron chi connectivity index (χ0n) is 31.6. The van der Waals surface area contributed by atoms with Gasteiger partial charge in [-0.3, -0.25) is 19.0 Å². The van der Waals surface area contributed by atoms with Gasteiger partial charge in [0, 0.05) is 54.6 Å². The number of pyridine rings is 1. The van der Waals surface area contributed by atoms with Gasteiger partial charge in [0.05, 0.1) is 41.0 Å². The number of halogens is 7. The van der Waals surface area contributed by atoms with E-state index in [9.17, 15) is 32.3 Å². The molecule has 7 rings (SSSR count). The third-order valence-corrected chi connectivity index (χ3v) is 10.5. The van der Waals surface area contributed by atoms with Crippen LogP contribution in [0.25, 0.3) is 22.0 Å². The summed E-state index contributed by atoms with van der Waals surface area (Å²) < 4.78 is 95.3. The first-order valence-electron chi connectivity index (χ1n) is 18.3. The maximum Gasteiger partial charge on any atom is 0.293 e. The van der Waals surface area contributed by atoms with Gasteiger partial charge >= 0.3 is 0 Å². The molecular weight excluding hydrogens is 790 g/mol. The van der Waals surface area contributed by atoms with E-state index < -0.39 is 71.3 Å². The number of ketones is 1. The van der Waals surface area contributed by atoms with Crippen molar-refractivity contribution in [2.45, 2.75) is 76.0 Å². The lowest BCUT2D eigenvalue weighted by Gasteiger charge is -2.23. The molecule has 0 bridgehead atoms. The summed E-state index contributed by atoms with van der Waals surface area (Å²) in [6.45, 7) is 2.24. The molecule has 304 valence electrons. The number of methoxy groups -OCH3 is 1. The number of nitrogens with zero attached hydrogens (tertiary/aromatic N) is 5. The van der Waals surface area contributed by atoms with Crippen LogP contribution in [0.2, 0.25) is 5.02 Å². The zero-order chi connectivity index (χ0) is 41.8. The Labute approximate surface area is 333 Å². The average Bonchev–Trinajstić information content (AvgIpc) is 3.68. The number of aromatic nitrogens is 5. The number of alkyl halides is 4. The number of aryl methyl sites for hydroxylation is 1. The number of carbonyl (C=O) groups is 2. The molecule has 3 aromatic heterocycles. The van der Waals surface area contributed by atoms with Crippen molar-refractivity contribution in [1.29, 1.82) is 0 Å². The van der Waals surface area contributed by atoms with E-state index in [1.54, 1.807) is 31.3 Å². The molecule has 17 heteroatoms. The van der Waals surface area contributed by atoms with Crippen LogP contribution in [0.1, 0.15) is 84.7 Å². The maximum absolute atomic E-state index is 15.4. The van der Waals surface area contributed by atoms with Crippen LogP contribution in [0.15, 0.2) is 42.5 Å². The highest BCUT2D eigenvalue weighted by Crippen LogP contribution is 2.68. The molecule has 2 aromatic carbocycles. The minimum Gasteiger partial charge on any atom is -0.384 e. The van der Waals surface area contributed by atoms with Gasteiger partial charge in [0.25, 0.3) is 12.3 Å². The number of rotatable bonds is 13. The van der Waals surface area contributed by atoms with E-state index in [0.29, 0.717) is 38.5 Å². The molecule has 0 unspecified atom stereocenters. The van der Waals surface area contributed by atoms with Gasteiger partial charge in [-0.15, -0.1) is 0 Å². The fourth-order valence-electron chi connectivity index (χ4n) is 7.68. The first-order valence-corrected chi connectivity index (χ1v) is 18.7. The molecule has 2 aliphatic rings. The molecule has 0 radical (unpaired) electrons. The Bertz CT molecular complexity index is 2500. The Balaban J connectivity index is 1.36. The van der Waals surface area contributed by atoms with Crippen molar-refractivity contribution in [1.82, 2.24) is 29.9 Å². The second-order valence-corrected chi connectivity index (χ2v) is 15.5. The first-order chi connectivity index (χ1) is 27.4. The van der Waals surface area contributed by atoms with E-state index in [2.05, 4.69) is 27.4 Å². The summed E-state index contributed by atoms with van der Waals surface area (Å²) in [5, 5.41) is 22.2. The number of aliphatic hydroxyl groups is 1. The highest BCUT2D eigenvalue weighted by Gasteiger charge is 2.67. The Morgan fingerprint density at radius 3 is 2.47 bits per heavy atom. The van der Waals surface area contributed by atoms with Gasteiger partial charge in [-0.25, -0.2) is 22.5 Å². The minimum atomic E-state index is -3.49. The molecule has 2 aliphatic carbocycles. The molecule has 0 aliphatic heterocycles. The van der Waals surface area contributed by atoms with E-state index in [1.807, 2.05) is 0 Å². The second-order valence-electron chi connectivity index (χ2n) is 15.1. The third kappa shape index (κ3) is 8.07. The van der Waals surface area contributed by atoms with E-state index in [4.69, 9.17) is 21.3 Å². The van der Waals surface area contributed by atoms with Gasteiger partial charge in [-0.05, 0) is 74.4 Å². The van der Waals surface area contributed by atoms with Crippen molar-refractivity contribution in [3.05, 3.63) is 98.7 Å². The van der Waals surface area contributed by atoms with Crippen LogP contribution in [0.5, 0.6) is 0 Å². The standard InChI is InChI=1S/C41H37ClF6N6O4/c1-40(2,57)11-9-23-5-6-25(26-7-8-29(42)34-30(51-53(3)37(26)34)17-24(55)10-12-58-4)35(49-23)31(15-20-13-21(43)16-22(44)14-20)50-32(56)19-54-38-33(36(52-54)39(45)46)27-18-28(27)41(38,47)48/h5-8,13-14,16,27-28,31,39,57H,10,12,15,17-19H2,1-4H3,(H,50,56)/t27-,28+,31-/m0/s1. The van der Waals surface area contributed by atoms with Crippen molar-refractivity contribution in [3.8, 4) is 23.0 Å². The second kappa shape index (κ2) is 15.5. The summed E-state index contributed by atoms with van der Waals surface area (Å²) in [6.07, 6.45) is -3.35. The third-order valence-electron chi connectivity index (χ3n) is 10.2. The van der Waals surface area contributed by atoms with Crippen molar-refractivity contribution in [2.24, 2.45) is 13.0 Å². The van der Waals surface area contributed by atoms with E-state index in [-0.39, 0.29) is 65.6 Å². The van der Waals surface area contributed by atoms with E-state index in [1.165, 1.54) is 25.6 Å². The number of hydrogen-bond donors (Lipinski definition) is 2. The Kier molecular flexibility index (Phi) is 10.9. The number of Topliss-reactive ketones (excluding diaryl/α,β-unsaturated/α-hetero) is 1. The monoisotopic (exact) mass is 826 g/mol. The van der Waals surface area contributed by atoms with Gasteiger partial charge in [0.15, 0.2) is 0 Å². The first kappa shape index (κ1) is 40.9. The number of amides is 1. The van der Waals surface area contributed by atoms with Gasteiger partial charge in [-0.1, -0.05) is 23.6 Å². The normalized spacial score (nSPS) is 17.2. The molecular formula is C41H37ClF6N6O4. The summed E-state index contributed by atoms with van der Waals surface area (Å²) in [4.78, 5) is 31.6. The molecule has 0 spiro atoms. The van der Waals surface area contributed by atoms with Crippen molar-refractivity contribution < 1.29 is 45.8 Å². The van der Waals surface area contributed by atoms with Gasteiger partial charge in [-0.2, -0.15) is 19.0 Å². The summed E-state index contributed by atoms with van der Waals surface area (Å²) in [5.41, 5.74) is -1.26. The van der Waals surface area contributed by atoms with Crippen LogP contribution in [-0.4, -0.2) is 60.7 Å². The summed E-state index contributed by atoms with van der Waals surface area (Å²) >= 11 is 6.73. The molecule has 3 heterocycles. The number of nitrogens with one attached hydrogen (secondary N) is 1. The number of hydrogen-bond acceptors (Lipinski definition) is 7. The van der Waals surface area contributed by atoms with Gasteiger partial charge < -0.3 is 15.2 Å². The predicted molar refractivity (Wildman–Crippen MR) is 200 cm³/mol. The van der Waals surface area contributed by atoms with Gasteiger partial charge in [0.2, 0.25) is 5.91 Å². The molecule has 1 fully saturated rings. The summed E-state index contributed by atoms with van der Waals surface area (Å²) in [6, 6.07) is 7.94. The number of fused-ring (bicyclic) bond motifs is 4. The van der Waals surface area contributed by atoms with Crippen molar-refractivity contribution in [2.75, 3.05) is 13.7 Å². The molecule has 1 saturated carbocycles. The molecule has 0 saturated heterocycles. The molecule has 3 atom stereocenters. The van der Waals surface area contributed by atoms with Gasteiger partial charge in [0.1, 0.15) is 46.6 Å². The molecule has 58 heavy (non-hydrogen) atoms. The average molecular weight is 827 g/mol. The Morgan fingerprint density at radius 2 is 1.79 bits per heavy atom. The van der Waals surface area contributed by atoms with Crippen LogP contribution in [-0.2, 0) is 46.7 Å². The fraction of sp³-hybridized carbons (Fsp3) is 0.390. The maximum atomic E-state index is 15.4.